The van der Waals surface area contributed by atoms with E-state index in [1.165, 1.54) is 5.56 Å². The van der Waals surface area contributed by atoms with Gasteiger partial charge in [0.25, 0.3) is 0 Å². The van der Waals surface area contributed by atoms with Crippen LogP contribution in [0.25, 0.3) is 22.0 Å². The van der Waals surface area contributed by atoms with Crippen molar-refractivity contribution in [1.29, 1.82) is 0 Å². The summed E-state index contributed by atoms with van der Waals surface area (Å²) < 4.78 is 22.4. The predicted octanol–water partition coefficient (Wildman–Crippen LogP) is 3.92. The molecule has 0 aliphatic carbocycles. The minimum atomic E-state index is 0.244. The first-order valence-electron chi connectivity index (χ1n) is 10.4. The maximum absolute atomic E-state index is 5.68. The van der Waals surface area contributed by atoms with Crippen LogP contribution in [-0.2, 0) is 6.54 Å². The molecule has 7 nitrogen and oxygen atoms in total. The van der Waals surface area contributed by atoms with Crippen LogP contribution in [0.15, 0.2) is 30.5 Å². The van der Waals surface area contributed by atoms with Gasteiger partial charge >= 0.3 is 0 Å². The number of fused-ring (bicyclic) bond motifs is 6. The first-order chi connectivity index (χ1) is 15.0. The summed E-state index contributed by atoms with van der Waals surface area (Å²) in [4.78, 5) is 9.45. The average Bonchev–Trinajstić information content (AvgIpc) is 3.22. The van der Waals surface area contributed by atoms with E-state index < -0.39 is 0 Å². The molecule has 2 aliphatic rings. The lowest BCUT2D eigenvalue weighted by molar-refractivity contribution is 0.174. The molecule has 0 spiro atoms. The molecule has 2 aliphatic heterocycles. The highest BCUT2D eigenvalue weighted by atomic mass is 16.7. The molecule has 3 aromatic rings. The number of methoxy groups -OCH3 is 2. The number of pyridine rings is 1. The number of likely N-dealkylation sites (N-methyl/N-ethyl adjacent to an activating group) is 1. The maximum Gasteiger partial charge on any atom is 0.231 e. The number of hydrogen-bond donors (Lipinski definition) is 0. The van der Waals surface area contributed by atoms with Crippen molar-refractivity contribution in [3.63, 3.8) is 0 Å². The largest absolute Gasteiger partial charge is 0.493 e. The fraction of sp³-hybridized carbons (Fsp3) is 0.375. The van der Waals surface area contributed by atoms with Crippen molar-refractivity contribution in [3.8, 4) is 34.1 Å². The Balaban J connectivity index is 1.76. The fourth-order valence-corrected chi connectivity index (χ4v) is 4.64. The number of ether oxygens (including phenoxy) is 4. The van der Waals surface area contributed by atoms with Crippen LogP contribution in [0, 0.1) is 0 Å². The number of benzene rings is 2. The van der Waals surface area contributed by atoms with E-state index in [9.17, 15) is 0 Å². The van der Waals surface area contributed by atoms with Crippen LogP contribution in [0.2, 0.25) is 0 Å². The zero-order valence-corrected chi connectivity index (χ0v) is 18.6. The molecule has 1 aromatic heterocycles. The summed E-state index contributed by atoms with van der Waals surface area (Å²) in [6, 6.07) is 8.45. The van der Waals surface area contributed by atoms with Gasteiger partial charge in [0.1, 0.15) is 0 Å². The zero-order valence-electron chi connectivity index (χ0n) is 18.6. The average molecular weight is 421 g/mol. The minimum Gasteiger partial charge on any atom is -0.493 e. The van der Waals surface area contributed by atoms with Gasteiger partial charge in [-0.2, -0.15) is 0 Å². The molecule has 1 atom stereocenters. The Morgan fingerprint density at radius 2 is 1.74 bits per heavy atom. The van der Waals surface area contributed by atoms with E-state index in [1.54, 1.807) is 14.2 Å². The monoisotopic (exact) mass is 421 g/mol. The third-order valence-electron chi connectivity index (χ3n) is 6.02. The summed E-state index contributed by atoms with van der Waals surface area (Å²) in [5.74, 6) is 2.96. The molecule has 0 radical (unpaired) electrons. The molecule has 1 unspecified atom stereocenters. The minimum absolute atomic E-state index is 0.244. The maximum atomic E-state index is 5.68. The van der Waals surface area contributed by atoms with Gasteiger partial charge in [0.15, 0.2) is 23.0 Å². The molecule has 0 amide bonds. The third kappa shape index (κ3) is 3.20. The van der Waals surface area contributed by atoms with E-state index in [4.69, 9.17) is 23.9 Å². The van der Waals surface area contributed by atoms with Gasteiger partial charge < -0.3 is 28.7 Å². The highest BCUT2D eigenvalue weighted by Crippen LogP contribution is 2.48. The van der Waals surface area contributed by atoms with E-state index in [-0.39, 0.29) is 12.8 Å². The molecule has 31 heavy (non-hydrogen) atoms. The summed E-state index contributed by atoms with van der Waals surface area (Å²) in [5, 5.41) is 1.06. The smallest absolute Gasteiger partial charge is 0.231 e. The summed E-state index contributed by atoms with van der Waals surface area (Å²) in [6.07, 6.45) is 1.96. The number of nitrogens with zero attached hydrogens (tertiary/aromatic N) is 3. The number of hydrogen-bond acceptors (Lipinski definition) is 7. The van der Waals surface area contributed by atoms with E-state index in [0.717, 1.165) is 58.1 Å². The lowest BCUT2D eigenvalue weighted by Crippen LogP contribution is -2.41. The van der Waals surface area contributed by atoms with Crippen molar-refractivity contribution in [3.05, 3.63) is 36.0 Å². The van der Waals surface area contributed by atoms with Gasteiger partial charge in [-0.1, -0.05) is 0 Å². The Morgan fingerprint density at radius 3 is 2.45 bits per heavy atom. The van der Waals surface area contributed by atoms with Crippen molar-refractivity contribution in [2.45, 2.75) is 19.5 Å². The van der Waals surface area contributed by atoms with Crippen molar-refractivity contribution in [2.75, 3.05) is 46.6 Å². The van der Waals surface area contributed by atoms with E-state index in [0.29, 0.717) is 5.75 Å². The normalized spacial score (nSPS) is 15.1. The van der Waals surface area contributed by atoms with Gasteiger partial charge in [-0.15, -0.1) is 0 Å². The van der Waals surface area contributed by atoms with Crippen molar-refractivity contribution in [2.24, 2.45) is 0 Å². The van der Waals surface area contributed by atoms with Crippen molar-refractivity contribution >= 4 is 16.6 Å². The number of anilines is 1. The highest BCUT2D eigenvalue weighted by Gasteiger charge is 2.30. The molecule has 0 saturated carbocycles. The molecule has 5 rings (SSSR count). The molecule has 3 heterocycles. The lowest BCUT2D eigenvalue weighted by Gasteiger charge is -2.39. The summed E-state index contributed by atoms with van der Waals surface area (Å²) in [6.45, 7) is 4.20. The number of aromatic nitrogens is 1. The van der Waals surface area contributed by atoms with E-state index in [2.05, 4.69) is 49.0 Å². The Hall–Kier alpha value is -3.19. The highest BCUT2D eigenvalue weighted by molar-refractivity contribution is 6.03. The van der Waals surface area contributed by atoms with Crippen LogP contribution in [0.5, 0.6) is 23.0 Å². The predicted molar refractivity (Wildman–Crippen MR) is 121 cm³/mol. The molecule has 0 N–H and O–H groups in total. The summed E-state index contributed by atoms with van der Waals surface area (Å²) in [7, 11) is 7.54. The van der Waals surface area contributed by atoms with Crippen LogP contribution in [0.1, 0.15) is 12.5 Å². The van der Waals surface area contributed by atoms with Crippen molar-refractivity contribution < 1.29 is 18.9 Å². The van der Waals surface area contributed by atoms with E-state index >= 15 is 0 Å². The summed E-state index contributed by atoms with van der Waals surface area (Å²) >= 11 is 0. The SMILES string of the molecule is COc1cc2c(cc1OC)-c1cnc3cc4c(cc3c1N(C(C)CN(C)C)C2)OCO4. The third-order valence-corrected chi connectivity index (χ3v) is 6.02. The molecule has 0 fully saturated rings. The van der Waals surface area contributed by atoms with E-state index in [1.807, 2.05) is 12.3 Å². The van der Waals surface area contributed by atoms with Gasteiger partial charge in [-0.05, 0) is 50.3 Å². The Bertz CT molecular complexity index is 1160. The quantitative estimate of drug-likeness (QED) is 0.619. The lowest BCUT2D eigenvalue weighted by atomic mass is 9.91. The first kappa shape index (κ1) is 19.8. The van der Waals surface area contributed by atoms with Crippen molar-refractivity contribution in [1.82, 2.24) is 9.88 Å². The second kappa shape index (κ2) is 7.50. The van der Waals surface area contributed by atoms with Gasteiger partial charge in [-0.3, -0.25) is 4.98 Å². The Kier molecular flexibility index (Phi) is 4.78. The standard InChI is InChI=1S/C24H27N3O4/c1-14(11-26(2)3)27-12-15-6-20(28-4)21(29-5)7-16(15)18-10-25-19-9-23-22(30-13-31-23)8-17(19)24(18)27/h6-10,14H,11-13H2,1-5H3. The van der Waals surface area contributed by atoms with Gasteiger partial charge in [0, 0.05) is 42.3 Å². The number of rotatable bonds is 5. The topological polar surface area (TPSA) is 56.3 Å². The van der Waals surface area contributed by atoms with Gasteiger partial charge in [0.05, 0.1) is 25.4 Å². The van der Waals surface area contributed by atoms with Crippen LogP contribution in [-0.4, -0.2) is 57.6 Å². The van der Waals surface area contributed by atoms with Gasteiger partial charge in [0.2, 0.25) is 6.79 Å². The van der Waals surface area contributed by atoms with Crippen LogP contribution in [0.3, 0.4) is 0 Å². The van der Waals surface area contributed by atoms with Crippen LogP contribution >= 0.6 is 0 Å². The van der Waals surface area contributed by atoms with Crippen LogP contribution in [0.4, 0.5) is 5.69 Å². The Labute approximate surface area is 182 Å². The van der Waals surface area contributed by atoms with Gasteiger partial charge in [-0.25, -0.2) is 0 Å². The molecule has 0 bridgehead atoms. The second-order valence-electron chi connectivity index (χ2n) is 8.35. The zero-order chi connectivity index (χ0) is 21.7. The van der Waals surface area contributed by atoms with Crippen LogP contribution < -0.4 is 23.8 Å². The molecule has 2 aromatic carbocycles. The second-order valence-corrected chi connectivity index (χ2v) is 8.35. The fourth-order valence-electron chi connectivity index (χ4n) is 4.64. The first-order valence-corrected chi connectivity index (χ1v) is 10.4. The molecule has 7 heteroatoms. The molecular formula is C24H27N3O4. The molecule has 0 saturated heterocycles. The Morgan fingerprint density at radius 1 is 1.03 bits per heavy atom. The molecule has 162 valence electrons. The molecular weight excluding hydrogens is 394 g/mol. The summed E-state index contributed by atoms with van der Waals surface area (Å²) in [5.41, 5.74) is 5.45.